The van der Waals surface area contributed by atoms with Crippen LogP contribution in [-0.4, -0.2) is 43.2 Å². The van der Waals surface area contributed by atoms with E-state index in [4.69, 9.17) is 15.2 Å². The molecule has 1 aliphatic carbocycles. The highest BCUT2D eigenvalue weighted by Gasteiger charge is 2.30. The molecule has 0 amide bonds. The molecule has 1 aliphatic rings. The van der Waals surface area contributed by atoms with Crippen LogP contribution in [0, 0.1) is 0 Å². The van der Waals surface area contributed by atoms with Crippen molar-refractivity contribution in [2.75, 3.05) is 26.4 Å². The average Bonchev–Trinajstić information content (AvgIpc) is 2.60. The summed E-state index contributed by atoms with van der Waals surface area (Å²) in [5, 5.41) is 9.70. The lowest BCUT2D eigenvalue weighted by Gasteiger charge is -2.32. The monoisotopic (exact) mass is 245 g/mol. The Labute approximate surface area is 104 Å². The maximum atomic E-state index is 9.70. The van der Waals surface area contributed by atoms with E-state index in [0.717, 1.165) is 12.8 Å². The Morgan fingerprint density at radius 1 is 1.18 bits per heavy atom. The lowest BCUT2D eigenvalue weighted by molar-refractivity contribution is -0.0968. The van der Waals surface area contributed by atoms with E-state index in [0.29, 0.717) is 26.4 Å². The minimum atomic E-state index is -0.540. The largest absolute Gasteiger partial charge is 0.388 e. The van der Waals surface area contributed by atoms with Crippen LogP contribution in [0.3, 0.4) is 0 Å². The molecule has 1 atom stereocenters. The highest BCUT2D eigenvalue weighted by Crippen LogP contribution is 2.29. The summed E-state index contributed by atoms with van der Waals surface area (Å²) < 4.78 is 11.1. The molecule has 17 heavy (non-hydrogen) atoms. The predicted octanol–water partition coefficient (Wildman–Crippen LogP) is 1.45. The molecule has 0 aromatic rings. The summed E-state index contributed by atoms with van der Waals surface area (Å²) in [6, 6.07) is 0. The van der Waals surface area contributed by atoms with Crippen molar-refractivity contribution in [2.24, 2.45) is 5.73 Å². The Morgan fingerprint density at radius 2 is 1.82 bits per heavy atom. The first-order valence-corrected chi connectivity index (χ1v) is 6.82. The number of rotatable bonds is 7. The molecular weight excluding hydrogens is 218 g/mol. The molecule has 4 heteroatoms. The number of hydrogen-bond acceptors (Lipinski definition) is 4. The quantitative estimate of drug-likeness (QED) is 0.666. The summed E-state index contributed by atoms with van der Waals surface area (Å²) in [5.41, 5.74) is 5.65. The maximum absolute atomic E-state index is 9.70. The van der Waals surface area contributed by atoms with Gasteiger partial charge in [-0.25, -0.2) is 0 Å². The van der Waals surface area contributed by atoms with Gasteiger partial charge in [-0.2, -0.15) is 0 Å². The molecule has 1 rings (SSSR count). The Balaban J connectivity index is 2.34. The molecule has 0 aromatic carbocycles. The average molecular weight is 245 g/mol. The lowest BCUT2D eigenvalue weighted by atomic mass is 9.94. The summed E-state index contributed by atoms with van der Waals surface area (Å²) >= 11 is 0. The Hall–Kier alpha value is -0.160. The van der Waals surface area contributed by atoms with E-state index in [-0.39, 0.29) is 5.60 Å². The molecule has 1 saturated carbocycles. The molecule has 1 unspecified atom stereocenters. The van der Waals surface area contributed by atoms with Crippen LogP contribution >= 0.6 is 0 Å². The molecule has 0 bridgehead atoms. The Bertz CT molecular complexity index is 191. The van der Waals surface area contributed by atoms with Gasteiger partial charge in [0.2, 0.25) is 0 Å². The zero-order valence-electron chi connectivity index (χ0n) is 11.0. The van der Waals surface area contributed by atoms with E-state index in [9.17, 15) is 5.11 Å². The summed E-state index contributed by atoms with van der Waals surface area (Å²) in [4.78, 5) is 0. The second kappa shape index (κ2) is 8.03. The predicted molar refractivity (Wildman–Crippen MR) is 67.9 cm³/mol. The first-order valence-electron chi connectivity index (χ1n) is 6.82. The van der Waals surface area contributed by atoms with E-state index in [2.05, 4.69) is 0 Å². The van der Waals surface area contributed by atoms with Crippen molar-refractivity contribution in [1.82, 2.24) is 0 Å². The third-order valence-corrected chi connectivity index (χ3v) is 3.48. The topological polar surface area (TPSA) is 64.7 Å². The van der Waals surface area contributed by atoms with Gasteiger partial charge in [-0.15, -0.1) is 0 Å². The van der Waals surface area contributed by atoms with Crippen molar-refractivity contribution in [2.45, 2.75) is 57.2 Å². The summed E-state index contributed by atoms with van der Waals surface area (Å²) in [6.45, 7) is 3.77. The highest BCUT2D eigenvalue weighted by atomic mass is 16.5. The van der Waals surface area contributed by atoms with E-state index >= 15 is 0 Å². The molecule has 3 N–H and O–H groups in total. The molecule has 4 nitrogen and oxygen atoms in total. The fraction of sp³-hybridized carbons (Fsp3) is 1.00. The third kappa shape index (κ3) is 5.34. The van der Waals surface area contributed by atoms with Crippen LogP contribution in [0.1, 0.15) is 45.4 Å². The normalized spacial score (nSPS) is 22.1. The molecule has 1 fully saturated rings. The van der Waals surface area contributed by atoms with Gasteiger partial charge in [0.1, 0.15) is 6.10 Å². The molecule has 0 aliphatic heterocycles. The third-order valence-electron chi connectivity index (χ3n) is 3.48. The van der Waals surface area contributed by atoms with Crippen LogP contribution in [0.5, 0.6) is 0 Å². The van der Waals surface area contributed by atoms with Crippen LogP contribution in [0.15, 0.2) is 0 Å². The molecule has 0 saturated heterocycles. The van der Waals surface area contributed by atoms with Gasteiger partial charge in [0.05, 0.1) is 18.8 Å². The second-order valence-electron chi connectivity index (χ2n) is 4.93. The van der Waals surface area contributed by atoms with Crippen molar-refractivity contribution in [3.63, 3.8) is 0 Å². The Kier molecular flexibility index (Phi) is 7.04. The zero-order chi connectivity index (χ0) is 12.6. The molecule has 0 aromatic heterocycles. The van der Waals surface area contributed by atoms with E-state index in [1.54, 1.807) is 0 Å². The van der Waals surface area contributed by atoms with Gasteiger partial charge < -0.3 is 20.3 Å². The van der Waals surface area contributed by atoms with Gasteiger partial charge >= 0.3 is 0 Å². The first-order chi connectivity index (χ1) is 8.22. The smallest absolute Gasteiger partial charge is 0.101 e. The number of nitrogens with two attached hydrogens (primary N) is 1. The minimum absolute atomic E-state index is 0.205. The first kappa shape index (κ1) is 14.9. The van der Waals surface area contributed by atoms with E-state index < -0.39 is 6.10 Å². The maximum Gasteiger partial charge on any atom is 0.101 e. The van der Waals surface area contributed by atoms with Crippen molar-refractivity contribution in [3.05, 3.63) is 0 Å². The number of aliphatic hydroxyl groups is 1. The Morgan fingerprint density at radius 3 is 2.35 bits per heavy atom. The van der Waals surface area contributed by atoms with Crippen LogP contribution in [0.25, 0.3) is 0 Å². The van der Waals surface area contributed by atoms with Gasteiger partial charge in [-0.1, -0.05) is 25.7 Å². The summed E-state index contributed by atoms with van der Waals surface area (Å²) in [5.74, 6) is 0. The van der Waals surface area contributed by atoms with Crippen LogP contribution < -0.4 is 5.73 Å². The highest BCUT2D eigenvalue weighted by molar-refractivity contribution is 4.84. The number of hydrogen-bond donors (Lipinski definition) is 2. The fourth-order valence-corrected chi connectivity index (χ4v) is 2.36. The molecular formula is C13H27NO3. The van der Waals surface area contributed by atoms with Gasteiger partial charge in [0.15, 0.2) is 0 Å². The summed E-state index contributed by atoms with van der Waals surface area (Å²) in [6.07, 6.45) is 6.40. The van der Waals surface area contributed by atoms with Crippen molar-refractivity contribution in [1.29, 1.82) is 0 Å². The zero-order valence-corrected chi connectivity index (χ0v) is 11.0. The SMILES string of the molecule is CCOCC(O)COC1(CN)CCCCCC1. The van der Waals surface area contributed by atoms with Gasteiger partial charge in [0, 0.05) is 13.2 Å². The lowest BCUT2D eigenvalue weighted by Crippen LogP contribution is -2.42. The summed E-state index contributed by atoms with van der Waals surface area (Å²) in [7, 11) is 0. The van der Waals surface area contributed by atoms with E-state index in [1.807, 2.05) is 6.92 Å². The second-order valence-corrected chi connectivity index (χ2v) is 4.93. The van der Waals surface area contributed by atoms with Gasteiger partial charge in [0.25, 0.3) is 0 Å². The van der Waals surface area contributed by atoms with Gasteiger partial charge in [-0.05, 0) is 19.8 Å². The molecule has 0 radical (unpaired) electrons. The van der Waals surface area contributed by atoms with Crippen molar-refractivity contribution in [3.8, 4) is 0 Å². The standard InChI is InChI=1S/C13H27NO3/c1-2-16-9-12(15)10-17-13(11-14)7-5-3-4-6-8-13/h12,15H,2-11,14H2,1H3. The molecule has 0 heterocycles. The van der Waals surface area contributed by atoms with Crippen LogP contribution in [-0.2, 0) is 9.47 Å². The number of aliphatic hydroxyl groups excluding tert-OH is 1. The number of ether oxygens (including phenoxy) is 2. The molecule has 0 spiro atoms. The van der Waals surface area contributed by atoms with Gasteiger partial charge in [-0.3, -0.25) is 0 Å². The van der Waals surface area contributed by atoms with E-state index in [1.165, 1.54) is 25.7 Å². The van der Waals surface area contributed by atoms with Crippen LogP contribution in [0.4, 0.5) is 0 Å². The van der Waals surface area contributed by atoms with Crippen LogP contribution in [0.2, 0.25) is 0 Å². The van der Waals surface area contributed by atoms with Crippen molar-refractivity contribution >= 4 is 0 Å². The molecule has 102 valence electrons. The van der Waals surface area contributed by atoms with Crippen molar-refractivity contribution < 1.29 is 14.6 Å². The fourth-order valence-electron chi connectivity index (χ4n) is 2.36. The minimum Gasteiger partial charge on any atom is -0.388 e.